The minimum Gasteiger partial charge on any atom is -0.494 e. The summed E-state index contributed by atoms with van der Waals surface area (Å²) < 4.78 is 5.36. The fraction of sp³-hybridized carbons (Fsp3) is 0.400. The molecule has 0 spiro atoms. The average Bonchev–Trinajstić information content (AvgIpc) is 2.67. The fourth-order valence-electron chi connectivity index (χ4n) is 3.20. The van der Waals surface area contributed by atoms with E-state index < -0.39 is 0 Å². The van der Waals surface area contributed by atoms with E-state index in [0.717, 1.165) is 48.6 Å². The highest BCUT2D eigenvalue weighted by molar-refractivity contribution is 5.95. The highest BCUT2D eigenvalue weighted by Gasteiger charge is 2.23. The van der Waals surface area contributed by atoms with Gasteiger partial charge in [-0.1, -0.05) is 12.1 Å². The van der Waals surface area contributed by atoms with Crippen LogP contribution in [0.4, 0.5) is 0 Å². The van der Waals surface area contributed by atoms with Crippen LogP contribution in [0, 0.1) is 0 Å². The summed E-state index contributed by atoms with van der Waals surface area (Å²) >= 11 is 0. The van der Waals surface area contributed by atoms with Crippen LogP contribution in [0.15, 0.2) is 42.7 Å². The Labute approximate surface area is 149 Å². The van der Waals surface area contributed by atoms with Gasteiger partial charge in [0.15, 0.2) is 0 Å². The van der Waals surface area contributed by atoms with Gasteiger partial charge in [-0.3, -0.25) is 14.7 Å². The molecule has 1 fully saturated rings. The largest absolute Gasteiger partial charge is 0.494 e. The zero-order valence-corrected chi connectivity index (χ0v) is 15.1. The highest BCUT2D eigenvalue weighted by atomic mass is 16.5. The van der Waals surface area contributed by atoms with Crippen molar-refractivity contribution in [1.82, 2.24) is 14.8 Å². The molecule has 0 saturated carbocycles. The van der Waals surface area contributed by atoms with Gasteiger partial charge in [-0.05, 0) is 37.6 Å². The standard InChI is InChI=1S/C20H25N3O2/c1-15(2)22-10-12-23(13-11-22)20(24)17-6-4-16(5-7-17)18-8-9-21-14-19(18)25-3/h4-9,14-15H,10-13H2,1-3H3. The first-order valence-electron chi connectivity index (χ1n) is 8.72. The Kier molecular flexibility index (Phi) is 5.34. The predicted molar refractivity (Wildman–Crippen MR) is 98.8 cm³/mol. The Morgan fingerprint density at radius 2 is 1.76 bits per heavy atom. The van der Waals surface area contributed by atoms with Gasteiger partial charge < -0.3 is 9.64 Å². The van der Waals surface area contributed by atoms with Crippen LogP contribution in [-0.4, -0.2) is 60.0 Å². The molecule has 5 heteroatoms. The molecular weight excluding hydrogens is 314 g/mol. The lowest BCUT2D eigenvalue weighted by molar-refractivity contribution is 0.0595. The average molecular weight is 339 g/mol. The molecule has 1 aliphatic rings. The van der Waals surface area contributed by atoms with Crippen LogP contribution < -0.4 is 4.74 Å². The normalized spacial score (nSPS) is 15.4. The fourth-order valence-corrected chi connectivity index (χ4v) is 3.20. The van der Waals surface area contributed by atoms with E-state index in [1.165, 1.54) is 0 Å². The van der Waals surface area contributed by atoms with Crippen molar-refractivity contribution in [1.29, 1.82) is 0 Å². The van der Waals surface area contributed by atoms with Crippen molar-refractivity contribution >= 4 is 5.91 Å². The van der Waals surface area contributed by atoms with Crippen LogP contribution >= 0.6 is 0 Å². The summed E-state index contributed by atoms with van der Waals surface area (Å²) in [5, 5.41) is 0. The molecule has 1 amide bonds. The number of methoxy groups -OCH3 is 1. The Morgan fingerprint density at radius 1 is 1.08 bits per heavy atom. The number of nitrogens with zero attached hydrogens (tertiary/aromatic N) is 3. The number of carbonyl (C=O) groups excluding carboxylic acids is 1. The Balaban J connectivity index is 1.71. The van der Waals surface area contributed by atoms with Crippen molar-refractivity contribution in [3.8, 4) is 16.9 Å². The lowest BCUT2D eigenvalue weighted by atomic mass is 10.0. The number of ether oxygens (including phenoxy) is 1. The second-order valence-corrected chi connectivity index (χ2v) is 6.58. The van der Waals surface area contributed by atoms with Crippen LogP contribution in [0.2, 0.25) is 0 Å². The maximum absolute atomic E-state index is 12.7. The summed E-state index contributed by atoms with van der Waals surface area (Å²) in [6.07, 6.45) is 3.44. The third kappa shape index (κ3) is 3.82. The van der Waals surface area contributed by atoms with Crippen molar-refractivity contribution in [3.05, 3.63) is 48.3 Å². The monoisotopic (exact) mass is 339 g/mol. The summed E-state index contributed by atoms with van der Waals surface area (Å²) in [5.41, 5.74) is 2.72. The van der Waals surface area contributed by atoms with E-state index in [0.29, 0.717) is 6.04 Å². The molecule has 5 nitrogen and oxygen atoms in total. The summed E-state index contributed by atoms with van der Waals surface area (Å²) in [5.74, 6) is 0.836. The quantitative estimate of drug-likeness (QED) is 0.859. The maximum Gasteiger partial charge on any atom is 0.253 e. The zero-order chi connectivity index (χ0) is 17.8. The highest BCUT2D eigenvalue weighted by Crippen LogP contribution is 2.28. The van der Waals surface area contributed by atoms with E-state index in [1.54, 1.807) is 19.5 Å². The van der Waals surface area contributed by atoms with Gasteiger partial charge in [0.05, 0.1) is 13.3 Å². The number of hydrogen-bond acceptors (Lipinski definition) is 4. The molecule has 25 heavy (non-hydrogen) atoms. The van der Waals surface area contributed by atoms with Gasteiger partial charge in [0, 0.05) is 49.5 Å². The number of benzene rings is 1. The predicted octanol–water partition coefficient (Wildman–Crippen LogP) is 2.92. The van der Waals surface area contributed by atoms with E-state index in [9.17, 15) is 4.79 Å². The molecular formula is C20H25N3O2. The van der Waals surface area contributed by atoms with Crippen LogP contribution in [0.1, 0.15) is 24.2 Å². The smallest absolute Gasteiger partial charge is 0.253 e. The molecule has 0 aliphatic carbocycles. The van der Waals surface area contributed by atoms with Gasteiger partial charge in [-0.25, -0.2) is 0 Å². The molecule has 2 heterocycles. The Bertz CT molecular complexity index is 720. The third-order valence-electron chi connectivity index (χ3n) is 4.78. The molecule has 3 rings (SSSR count). The third-order valence-corrected chi connectivity index (χ3v) is 4.78. The van der Waals surface area contributed by atoms with Gasteiger partial charge in [0.2, 0.25) is 0 Å². The zero-order valence-electron chi connectivity index (χ0n) is 15.1. The number of amides is 1. The van der Waals surface area contributed by atoms with E-state index in [-0.39, 0.29) is 5.91 Å². The summed E-state index contributed by atoms with van der Waals surface area (Å²) in [7, 11) is 1.63. The number of aromatic nitrogens is 1. The first kappa shape index (κ1) is 17.4. The minimum atomic E-state index is 0.108. The van der Waals surface area contributed by atoms with E-state index in [2.05, 4.69) is 23.7 Å². The molecule has 0 atom stereocenters. The second-order valence-electron chi connectivity index (χ2n) is 6.58. The van der Waals surface area contributed by atoms with E-state index in [1.807, 2.05) is 35.2 Å². The van der Waals surface area contributed by atoms with Gasteiger partial charge in [0.25, 0.3) is 5.91 Å². The van der Waals surface area contributed by atoms with Crippen LogP contribution in [0.5, 0.6) is 5.75 Å². The van der Waals surface area contributed by atoms with Crippen LogP contribution in [0.25, 0.3) is 11.1 Å². The van der Waals surface area contributed by atoms with Crippen molar-refractivity contribution in [2.24, 2.45) is 0 Å². The van der Waals surface area contributed by atoms with E-state index >= 15 is 0 Å². The molecule has 1 aromatic heterocycles. The maximum atomic E-state index is 12.7. The number of pyridine rings is 1. The number of rotatable bonds is 4. The molecule has 0 unspecified atom stereocenters. The molecule has 1 aromatic carbocycles. The number of carbonyl (C=O) groups is 1. The van der Waals surface area contributed by atoms with Gasteiger partial charge in [0.1, 0.15) is 5.75 Å². The summed E-state index contributed by atoms with van der Waals surface area (Å²) in [6, 6.07) is 10.2. The lowest BCUT2D eigenvalue weighted by Crippen LogP contribution is -2.50. The molecule has 0 radical (unpaired) electrons. The summed E-state index contributed by atoms with van der Waals surface area (Å²) in [4.78, 5) is 21.1. The Morgan fingerprint density at radius 3 is 2.36 bits per heavy atom. The second kappa shape index (κ2) is 7.66. The molecule has 1 saturated heterocycles. The van der Waals surface area contributed by atoms with Gasteiger partial charge in [-0.2, -0.15) is 0 Å². The first-order valence-corrected chi connectivity index (χ1v) is 8.72. The Hall–Kier alpha value is -2.40. The first-order chi connectivity index (χ1) is 12.1. The van der Waals surface area contributed by atoms with Crippen molar-refractivity contribution < 1.29 is 9.53 Å². The van der Waals surface area contributed by atoms with Gasteiger partial charge in [-0.15, -0.1) is 0 Å². The molecule has 1 aliphatic heterocycles. The van der Waals surface area contributed by atoms with Crippen molar-refractivity contribution in [2.75, 3.05) is 33.3 Å². The van der Waals surface area contributed by atoms with E-state index in [4.69, 9.17) is 4.74 Å². The molecule has 2 aromatic rings. The van der Waals surface area contributed by atoms with Crippen molar-refractivity contribution in [3.63, 3.8) is 0 Å². The topological polar surface area (TPSA) is 45.7 Å². The SMILES string of the molecule is COc1cnccc1-c1ccc(C(=O)N2CCN(C(C)C)CC2)cc1. The molecule has 0 N–H and O–H groups in total. The lowest BCUT2D eigenvalue weighted by Gasteiger charge is -2.37. The van der Waals surface area contributed by atoms with Crippen LogP contribution in [-0.2, 0) is 0 Å². The van der Waals surface area contributed by atoms with Crippen molar-refractivity contribution in [2.45, 2.75) is 19.9 Å². The van der Waals surface area contributed by atoms with Crippen LogP contribution in [0.3, 0.4) is 0 Å². The van der Waals surface area contributed by atoms with Gasteiger partial charge >= 0.3 is 0 Å². The molecule has 0 bridgehead atoms. The number of piperazine rings is 1. The molecule has 132 valence electrons. The summed E-state index contributed by atoms with van der Waals surface area (Å²) in [6.45, 7) is 7.85. The minimum absolute atomic E-state index is 0.108. The number of hydrogen-bond donors (Lipinski definition) is 0.